The van der Waals surface area contributed by atoms with Crippen molar-refractivity contribution in [3.05, 3.63) is 0 Å². The molecule has 0 aromatic heterocycles. The summed E-state index contributed by atoms with van der Waals surface area (Å²) >= 11 is 0. The monoisotopic (exact) mass is 199 g/mol. The molecule has 0 saturated carbocycles. The van der Waals surface area contributed by atoms with Gasteiger partial charge in [0.25, 0.3) is 0 Å². The van der Waals surface area contributed by atoms with E-state index in [0.717, 1.165) is 25.9 Å². The normalized spacial score (nSPS) is 25.2. The van der Waals surface area contributed by atoms with E-state index in [0.29, 0.717) is 18.2 Å². The quantitative estimate of drug-likeness (QED) is 0.715. The number of hydrogen-bond acceptors (Lipinski definition) is 3. The van der Waals surface area contributed by atoms with E-state index in [1.807, 2.05) is 13.8 Å². The predicted molar refractivity (Wildman–Crippen MR) is 56.1 cm³/mol. The Bertz CT molecular complexity index is 194. The summed E-state index contributed by atoms with van der Waals surface area (Å²) in [5.41, 5.74) is 0. The van der Waals surface area contributed by atoms with Crippen LogP contribution in [-0.2, 0) is 4.79 Å². The van der Waals surface area contributed by atoms with Crippen LogP contribution in [0, 0.1) is 11.8 Å². The molecule has 3 nitrogen and oxygen atoms in total. The van der Waals surface area contributed by atoms with Gasteiger partial charge in [-0.25, -0.2) is 0 Å². The van der Waals surface area contributed by atoms with Gasteiger partial charge in [0.05, 0.1) is 6.54 Å². The second-order valence-corrected chi connectivity index (χ2v) is 4.35. The van der Waals surface area contributed by atoms with Crippen LogP contribution in [0.3, 0.4) is 0 Å². The van der Waals surface area contributed by atoms with E-state index in [1.54, 1.807) is 0 Å². The number of nitrogens with zero attached hydrogens (tertiary/aromatic N) is 1. The van der Waals surface area contributed by atoms with Crippen LogP contribution in [0.25, 0.3) is 0 Å². The van der Waals surface area contributed by atoms with Gasteiger partial charge in [0, 0.05) is 19.1 Å². The number of aliphatic hydroxyl groups excluding tert-OH is 1. The van der Waals surface area contributed by atoms with Crippen molar-refractivity contribution < 1.29 is 9.90 Å². The lowest BCUT2D eigenvalue weighted by Gasteiger charge is -2.16. The van der Waals surface area contributed by atoms with Gasteiger partial charge < -0.3 is 5.11 Å². The molecule has 0 bridgehead atoms. The number of ketones is 1. The third-order valence-electron chi connectivity index (χ3n) is 3.17. The Morgan fingerprint density at radius 2 is 2.36 bits per heavy atom. The third-order valence-corrected chi connectivity index (χ3v) is 3.17. The molecule has 0 spiro atoms. The summed E-state index contributed by atoms with van der Waals surface area (Å²) < 4.78 is 0. The van der Waals surface area contributed by atoms with Crippen LogP contribution in [0.1, 0.15) is 26.7 Å². The highest BCUT2D eigenvalue weighted by Crippen LogP contribution is 2.16. The molecule has 1 saturated heterocycles. The highest BCUT2D eigenvalue weighted by atomic mass is 16.3. The van der Waals surface area contributed by atoms with Crippen LogP contribution in [0.5, 0.6) is 0 Å². The Morgan fingerprint density at radius 3 is 2.86 bits per heavy atom. The Hall–Kier alpha value is -0.410. The molecule has 1 aliphatic rings. The van der Waals surface area contributed by atoms with Crippen LogP contribution < -0.4 is 0 Å². The van der Waals surface area contributed by atoms with Crippen molar-refractivity contribution in [2.75, 3.05) is 26.2 Å². The van der Waals surface area contributed by atoms with Gasteiger partial charge in [-0.05, 0) is 25.3 Å². The molecular weight excluding hydrogens is 178 g/mol. The third kappa shape index (κ3) is 3.07. The lowest BCUT2D eigenvalue weighted by Crippen LogP contribution is -2.31. The second-order valence-electron chi connectivity index (χ2n) is 4.35. The maximum atomic E-state index is 11.6. The SMILES string of the molecule is CCC(C)C(=O)CN1CCC(CO)C1. The molecule has 1 aliphatic heterocycles. The zero-order chi connectivity index (χ0) is 10.6. The molecule has 82 valence electrons. The van der Waals surface area contributed by atoms with Crippen molar-refractivity contribution in [3.8, 4) is 0 Å². The van der Waals surface area contributed by atoms with Gasteiger partial charge in [-0.1, -0.05) is 13.8 Å². The molecule has 1 fully saturated rings. The molecule has 0 aromatic carbocycles. The number of aliphatic hydroxyl groups is 1. The van der Waals surface area contributed by atoms with Gasteiger partial charge >= 0.3 is 0 Å². The van der Waals surface area contributed by atoms with E-state index in [2.05, 4.69) is 4.90 Å². The van der Waals surface area contributed by atoms with Crippen LogP contribution in [-0.4, -0.2) is 42.0 Å². The van der Waals surface area contributed by atoms with E-state index in [4.69, 9.17) is 5.11 Å². The van der Waals surface area contributed by atoms with Gasteiger partial charge in [-0.15, -0.1) is 0 Å². The second kappa shape index (κ2) is 5.47. The fourth-order valence-electron chi connectivity index (χ4n) is 1.81. The van der Waals surface area contributed by atoms with E-state index in [-0.39, 0.29) is 12.5 Å². The van der Waals surface area contributed by atoms with Crippen LogP contribution in [0.4, 0.5) is 0 Å². The first-order chi connectivity index (χ1) is 6.67. The maximum absolute atomic E-state index is 11.6. The summed E-state index contributed by atoms with van der Waals surface area (Å²) in [7, 11) is 0. The molecular formula is C11H21NO2. The topological polar surface area (TPSA) is 40.5 Å². The molecule has 0 aromatic rings. The van der Waals surface area contributed by atoms with Crippen LogP contribution in [0.2, 0.25) is 0 Å². The molecule has 2 unspecified atom stereocenters. The minimum Gasteiger partial charge on any atom is -0.396 e. The zero-order valence-electron chi connectivity index (χ0n) is 9.20. The molecule has 0 radical (unpaired) electrons. The Labute approximate surface area is 86.1 Å². The van der Waals surface area contributed by atoms with Gasteiger partial charge in [-0.3, -0.25) is 9.69 Å². The van der Waals surface area contributed by atoms with Gasteiger partial charge in [-0.2, -0.15) is 0 Å². The Morgan fingerprint density at radius 1 is 1.64 bits per heavy atom. The van der Waals surface area contributed by atoms with Gasteiger partial charge in [0.1, 0.15) is 5.78 Å². The summed E-state index contributed by atoms with van der Waals surface area (Å²) in [6, 6.07) is 0. The van der Waals surface area contributed by atoms with E-state index < -0.39 is 0 Å². The van der Waals surface area contributed by atoms with E-state index in [9.17, 15) is 4.79 Å². The predicted octanol–water partition coefficient (Wildman–Crippen LogP) is 0.916. The average Bonchev–Trinajstić information content (AvgIpc) is 2.64. The van der Waals surface area contributed by atoms with Crippen LogP contribution >= 0.6 is 0 Å². The number of likely N-dealkylation sites (tertiary alicyclic amines) is 1. The van der Waals surface area contributed by atoms with Gasteiger partial charge in [0.15, 0.2) is 0 Å². The number of carbonyl (C=O) groups excluding carboxylic acids is 1. The van der Waals surface area contributed by atoms with Crippen molar-refractivity contribution in [3.63, 3.8) is 0 Å². The molecule has 1 rings (SSSR count). The number of Topliss-reactive ketones (excluding diaryl/α,β-unsaturated/α-hetero) is 1. The lowest BCUT2D eigenvalue weighted by molar-refractivity contribution is -0.123. The smallest absolute Gasteiger partial charge is 0.149 e. The average molecular weight is 199 g/mol. The maximum Gasteiger partial charge on any atom is 0.149 e. The minimum atomic E-state index is 0.183. The van der Waals surface area contributed by atoms with Gasteiger partial charge in [0.2, 0.25) is 0 Å². The van der Waals surface area contributed by atoms with Crippen molar-refractivity contribution in [1.82, 2.24) is 4.90 Å². The molecule has 0 amide bonds. The zero-order valence-corrected chi connectivity index (χ0v) is 9.20. The summed E-state index contributed by atoms with van der Waals surface area (Å²) in [6.45, 7) is 6.72. The molecule has 1 heterocycles. The first kappa shape index (κ1) is 11.7. The van der Waals surface area contributed by atoms with Crippen molar-refractivity contribution >= 4 is 5.78 Å². The van der Waals surface area contributed by atoms with Crippen molar-refractivity contribution in [2.45, 2.75) is 26.7 Å². The highest BCUT2D eigenvalue weighted by molar-refractivity contribution is 5.82. The Balaban J connectivity index is 2.28. The first-order valence-electron chi connectivity index (χ1n) is 5.53. The molecule has 3 heteroatoms. The number of carbonyl (C=O) groups is 1. The standard InChI is InChI=1S/C11H21NO2/c1-3-9(2)11(14)7-12-5-4-10(6-12)8-13/h9-10,13H,3-8H2,1-2H3. The summed E-state index contributed by atoms with van der Waals surface area (Å²) in [4.78, 5) is 13.8. The largest absolute Gasteiger partial charge is 0.396 e. The van der Waals surface area contributed by atoms with Crippen molar-refractivity contribution in [1.29, 1.82) is 0 Å². The van der Waals surface area contributed by atoms with E-state index in [1.165, 1.54) is 0 Å². The summed E-state index contributed by atoms with van der Waals surface area (Å²) in [6.07, 6.45) is 1.96. The minimum absolute atomic E-state index is 0.183. The summed E-state index contributed by atoms with van der Waals surface area (Å²) in [5.74, 6) is 0.911. The molecule has 0 aliphatic carbocycles. The molecule has 14 heavy (non-hydrogen) atoms. The molecule has 1 N–H and O–H groups in total. The summed E-state index contributed by atoms with van der Waals surface area (Å²) in [5, 5.41) is 8.96. The highest BCUT2D eigenvalue weighted by Gasteiger charge is 2.24. The molecule has 2 atom stereocenters. The van der Waals surface area contributed by atoms with Crippen molar-refractivity contribution in [2.24, 2.45) is 11.8 Å². The Kier molecular flexibility index (Phi) is 4.55. The fourth-order valence-corrected chi connectivity index (χ4v) is 1.81. The number of rotatable bonds is 5. The van der Waals surface area contributed by atoms with Crippen LogP contribution in [0.15, 0.2) is 0 Å². The lowest BCUT2D eigenvalue weighted by atomic mass is 10.0. The first-order valence-corrected chi connectivity index (χ1v) is 5.53. The van der Waals surface area contributed by atoms with E-state index >= 15 is 0 Å². The number of hydrogen-bond donors (Lipinski definition) is 1. The fraction of sp³-hybridized carbons (Fsp3) is 0.909.